The molecule has 0 radical (unpaired) electrons. The summed E-state index contributed by atoms with van der Waals surface area (Å²) < 4.78 is 17.2. The topological polar surface area (TPSA) is 47.9 Å². The van der Waals surface area contributed by atoms with Gasteiger partial charge in [-0.25, -0.2) is 0 Å². The average molecular weight is 304 g/mol. The summed E-state index contributed by atoms with van der Waals surface area (Å²) in [5, 5.41) is 9.73. The van der Waals surface area contributed by atoms with E-state index in [1.807, 2.05) is 58.9 Å². The number of hydrogen-bond acceptors (Lipinski definition) is 4. The molecule has 0 spiro atoms. The summed E-state index contributed by atoms with van der Waals surface area (Å²) in [4.78, 5) is 0. The van der Waals surface area contributed by atoms with Gasteiger partial charge in [-0.3, -0.25) is 0 Å². The van der Waals surface area contributed by atoms with E-state index in [0.29, 0.717) is 5.47 Å². The van der Waals surface area contributed by atoms with Crippen molar-refractivity contribution in [3.05, 3.63) is 34.8 Å². The van der Waals surface area contributed by atoms with Crippen molar-refractivity contribution in [2.45, 2.75) is 45.8 Å². The van der Waals surface area contributed by atoms with Crippen LogP contribution in [-0.4, -0.2) is 37.1 Å². The molecular weight excluding hydrogens is 279 g/mol. The van der Waals surface area contributed by atoms with Crippen molar-refractivity contribution in [1.29, 1.82) is 0 Å². The number of aliphatic hydroxyl groups is 1. The van der Waals surface area contributed by atoms with Gasteiger partial charge in [0.2, 0.25) is 0 Å². The maximum atomic E-state index is 9.73. The van der Waals surface area contributed by atoms with Gasteiger partial charge in [0.25, 0.3) is 0 Å². The van der Waals surface area contributed by atoms with E-state index in [2.05, 4.69) is 0 Å². The molecular formula is C17H25BO4. The lowest BCUT2D eigenvalue weighted by Gasteiger charge is -2.32. The fraction of sp³-hybridized carbons (Fsp3) is 0.529. The van der Waals surface area contributed by atoms with E-state index >= 15 is 0 Å². The van der Waals surface area contributed by atoms with Gasteiger partial charge in [-0.2, -0.15) is 0 Å². The van der Waals surface area contributed by atoms with Crippen LogP contribution in [-0.2, 0) is 9.31 Å². The minimum atomic E-state index is -0.531. The Bertz CT molecular complexity index is 562. The lowest BCUT2D eigenvalue weighted by molar-refractivity contribution is 0.00578. The number of aliphatic hydroxyl groups excluding tert-OH is 1. The van der Waals surface area contributed by atoms with Crippen LogP contribution in [0.25, 0.3) is 6.08 Å². The number of aryl methyl sites for hydroxylation is 1. The Morgan fingerprint density at radius 2 is 1.82 bits per heavy atom. The molecule has 0 saturated carbocycles. The van der Waals surface area contributed by atoms with E-state index in [9.17, 15) is 5.11 Å². The monoisotopic (exact) mass is 304 g/mol. The standard InChI is InChI=1S/C17H25BO4/c1-12-9-15(20-6)8-7-13(12)10-14(11-19)18-21-16(2,3)17(4,5)22-18/h7-10,19H,11H2,1-6H3. The minimum absolute atomic E-state index is 0.109. The highest BCUT2D eigenvalue weighted by atomic mass is 16.7. The zero-order valence-corrected chi connectivity index (χ0v) is 14.3. The number of benzene rings is 1. The van der Waals surface area contributed by atoms with Crippen molar-refractivity contribution >= 4 is 13.2 Å². The van der Waals surface area contributed by atoms with Crippen molar-refractivity contribution < 1.29 is 19.2 Å². The number of rotatable bonds is 4. The van der Waals surface area contributed by atoms with Crippen molar-refractivity contribution in [1.82, 2.24) is 0 Å². The highest BCUT2D eigenvalue weighted by Gasteiger charge is 2.52. The van der Waals surface area contributed by atoms with Crippen LogP contribution in [0.1, 0.15) is 38.8 Å². The zero-order chi connectivity index (χ0) is 16.5. The van der Waals surface area contributed by atoms with Crippen LogP contribution in [0.4, 0.5) is 0 Å². The third kappa shape index (κ3) is 3.22. The molecule has 2 rings (SSSR count). The van der Waals surface area contributed by atoms with Crippen LogP contribution in [0, 0.1) is 6.92 Å². The Hall–Kier alpha value is -1.30. The second-order valence-corrected chi connectivity index (χ2v) is 6.69. The summed E-state index contributed by atoms with van der Waals surface area (Å²) >= 11 is 0. The van der Waals surface area contributed by atoms with Gasteiger partial charge in [-0.05, 0) is 63.4 Å². The van der Waals surface area contributed by atoms with Crippen molar-refractivity contribution in [2.75, 3.05) is 13.7 Å². The smallest absolute Gasteiger partial charge is 0.492 e. The zero-order valence-electron chi connectivity index (χ0n) is 14.3. The predicted octanol–water partition coefficient (Wildman–Crippen LogP) is 3.01. The van der Waals surface area contributed by atoms with E-state index in [4.69, 9.17) is 14.0 Å². The van der Waals surface area contributed by atoms with Crippen LogP contribution < -0.4 is 4.74 Å². The van der Waals surface area contributed by atoms with Gasteiger partial charge >= 0.3 is 7.12 Å². The molecule has 1 aromatic carbocycles. The lowest BCUT2D eigenvalue weighted by atomic mass is 9.77. The number of ether oxygens (including phenoxy) is 1. The summed E-state index contributed by atoms with van der Waals surface area (Å²) in [6.45, 7) is 9.90. The van der Waals surface area contributed by atoms with Gasteiger partial charge in [0.15, 0.2) is 0 Å². The number of methoxy groups -OCH3 is 1. The molecule has 1 aromatic rings. The van der Waals surface area contributed by atoms with Crippen molar-refractivity contribution in [3.8, 4) is 5.75 Å². The first-order valence-corrected chi connectivity index (χ1v) is 7.52. The van der Waals surface area contributed by atoms with Crippen molar-refractivity contribution in [2.24, 2.45) is 0 Å². The van der Waals surface area contributed by atoms with E-state index in [0.717, 1.165) is 16.9 Å². The molecule has 0 aromatic heterocycles. The molecule has 1 saturated heterocycles. The first-order chi connectivity index (χ1) is 10.2. The van der Waals surface area contributed by atoms with Crippen LogP contribution in [0.3, 0.4) is 0 Å². The van der Waals surface area contributed by atoms with Gasteiger partial charge in [0, 0.05) is 0 Å². The van der Waals surface area contributed by atoms with Crippen molar-refractivity contribution in [3.63, 3.8) is 0 Å². The van der Waals surface area contributed by atoms with Gasteiger partial charge in [-0.1, -0.05) is 12.1 Å². The predicted molar refractivity (Wildman–Crippen MR) is 88.9 cm³/mol. The molecule has 1 aliphatic rings. The lowest BCUT2D eigenvalue weighted by Crippen LogP contribution is -2.41. The molecule has 5 heteroatoms. The molecule has 0 bridgehead atoms. The Labute approximate surface area is 133 Å². The molecule has 1 fully saturated rings. The fourth-order valence-electron chi connectivity index (χ4n) is 2.32. The van der Waals surface area contributed by atoms with Crippen LogP contribution >= 0.6 is 0 Å². The second kappa shape index (κ2) is 6.07. The Morgan fingerprint density at radius 1 is 1.23 bits per heavy atom. The van der Waals surface area contributed by atoms with E-state index in [1.54, 1.807) is 7.11 Å². The summed E-state index contributed by atoms with van der Waals surface area (Å²) in [7, 11) is 1.12. The fourth-order valence-corrected chi connectivity index (χ4v) is 2.32. The van der Waals surface area contributed by atoms with E-state index < -0.39 is 18.3 Å². The third-order valence-corrected chi connectivity index (χ3v) is 4.56. The molecule has 22 heavy (non-hydrogen) atoms. The van der Waals surface area contributed by atoms with Gasteiger partial charge in [0.05, 0.1) is 24.9 Å². The molecule has 120 valence electrons. The molecule has 0 atom stereocenters. The molecule has 0 aliphatic carbocycles. The molecule has 0 amide bonds. The van der Waals surface area contributed by atoms with Crippen LogP contribution in [0.2, 0.25) is 0 Å². The largest absolute Gasteiger partial charge is 0.497 e. The summed E-state index contributed by atoms with van der Waals surface area (Å²) in [5.74, 6) is 0.816. The summed E-state index contributed by atoms with van der Waals surface area (Å²) in [5.41, 5.74) is 1.97. The molecule has 1 aliphatic heterocycles. The highest BCUT2D eigenvalue weighted by molar-refractivity contribution is 6.55. The van der Waals surface area contributed by atoms with Gasteiger partial charge in [-0.15, -0.1) is 0 Å². The quantitative estimate of drug-likeness (QED) is 0.869. The van der Waals surface area contributed by atoms with Crippen LogP contribution in [0.15, 0.2) is 23.7 Å². The molecule has 0 unspecified atom stereocenters. The first-order valence-electron chi connectivity index (χ1n) is 7.52. The van der Waals surface area contributed by atoms with E-state index in [-0.39, 0.29) is 6.61 Å². The van der Waals surface area contributed by atoms with E-state index in [1.165, 1.54) is 0 Å². The normalized spacial score (nSPS) is 20.3. The Morgan fingerprint density at radius 3 is 2.27 bits per heavy atom. The summed E-state index contributed by atoms with van der Waals surface area (Å²) in [6, 6.07) is 5.83. The molecule has 1 heterocycles. The van der Waals surface area contributed by atoms with Crippen LogP contribution in [0.5, 0.6) is 5.75 Å². The SMILES string of the molecule is COc1ccc(C=C(CO)B2OC(C)(C)C(C)(C)O2)c(C)c1. The molecule has 4 nitrogen and oxygen atoms in total. The Balaban J connectivity index is 2.29. The maximum absolute atomic E-state index is 9.73. The highest BCUT2D eigenvalue weighted by Crippen LogP contribution is 2.38. The second-order valence-electron chi connectivity index (χ2n) is 6.69. The third-order valence-electron chi connectivity index (χ3n) is 4.56. The maximum Gasteiger partial charge on any atom is 0.492 e. The van der Waals surface area contributed by atoms with Gasteiger partial charge in [0.1, 0.15) is 5.75 Å². The number of hydrogen-bond donors (Lipinski definition) is 1. The minimum Gasteiger partial charge on any atom is -0.497 e. The first kappa shape index (κ1) is 17.1. The van der Waals surface area contributed by atoms with Gasteiger partial charge < -0.3 is 19.2 Å². The summed E-state index contributed by atoms with van der Waals surface area (Å²) in [6.07, 6.45) is 1.93. The average Bonchev–Trinajstić information content (AvgIpc) is 2.65. The molecule has 1 N–H and O–H groups in total. The Kier molecular flexibility index (Phi) is 4.71.